The first-order valence-corrected chi connectivity index (χ1v) is 8.74. The Kier molecular flexibility index (Phi) is 5.59. The summed E-state index contributed by atoms with van der Waals surface area (Å²) in [5.74, 6) is -0.0604. The first-order valence-electron chi connectivity index (χ1n) is 8.74. The van der Waals surface area contributed by atoms with Gasteiger partial charge in [-0.3, -0.25) is 9.59 Å². The molecule has 0 atom stereocenters. The van der Waals surface area contributed by atoms with Gasteiger partial charge in [-0.25, -0.2) is 0 Å². The average Bonchev–Trinajstić information content (AvgIpc) is 3.32. The van der Waals surface area contributed by atoms with Crippen LogP contribution in [0.25, 0.3) is 0 Å². The molecule has 0 unspecified atom stereocenters. The summed E-state index contributed by atoms with van der Waals surface area (Å²) in [5.41, 5.74) is 4.45. The molecule has 5 nitrogen and oxygen atoms in total. The smallest absolute Gasteiger partial charge is 0.255 e. The molecule has 6 heteroatoms. The molecule has 2 heterocycles. The lowest BCUT2D eigenvalue weighted by Gasteiger charge is -2.15. The predicted molar refractivity (Wildman–Crippen MR) is 104 cm³/mol. The van der Waals surface area contributed by atoms with Crippen molar-refractivity contribution in [2.45, 2.75) is 25.9 Å². The minimum atomic E-state index is -0.131. The first-order chi connectivity index (χ1) is 12.2. The van der Waals surface area contributed by atoms with Crippen LogP contribution in [0.3, 0.4) is 0 Å². The second-order valence-electron chi connectivity index (χ2n) is 6.62. The highest BCUT2D eigenvalue weighted by molar-refractivity contribution is 6.04. The van der Waals surface area contributed by atoms with Gasteiger partial charge in [0.1, 0.15) is 0 Å². The van der Waals surface area contributed by atoms with Crippen LogP contribution in [0.5, 0.6) is 0 Å². The highest BCUT2D eigenvalue weighted by Crippen LogP contribution is 2.19. The van der Waals surface area contributed by atoms with Crippen LogP contribution in [0, 0.1) is 0 Å². The monoisotopic (exact) mass is 371 g/mol. The summed E-state index contributed by atoms with van der Waals surface area (Å²) in [7, 11) is 0. The van der Waals surface area contributed by atoms with Gasteiger partial charge >= 0.3 is 0 Å². The van der Waals surface area contributed by atoms with E-state index in [0.29, 0.717) is 16.8 Å². The van der Waals surface area contributed by atoms with Crippen LogP contribution < -0.4 is 10.6 Å². The molecule has 136 valence electrons. The quantitative estimate of drug-likeness (QED) is 0.871. The zero-order valence-corrected chi connectivity index (χ0v) is 15.3. The molecule has 0 aromatic heterocycles. The second kappa shape index (κ2) is 7.89. The predicted octanol–water partition coefficient (Wildman–Crippen LogP) is 3.20. The van der Waals surface area contributed by atoms with Crippen LogP contribution in [0.1, 0.15) is 44.7 Å². The van der Waals surface area contributed by atoms with Crippen molar-refractivity contribution in [2.24, 2.45) is 0 Å². The van der Waals surface area contributed by atoms with Crippen LogP contribution in [0.2, 0.25) is 0 Å². The fourth-order valence-electron chi connectivity index (χ4n) is 3.44. The molecule has 2 amide bonds. The van der Waals surface area contributed by atoms with E-state index >= 15 is 0 Å². The first kappa shape index (κ1) is 18.4. The van der Waals surface area contributed by atoms with Gasteiger partial charge in [-0.2, -0.15) is 0 Å². The minimum Gasteiger partial charge on any atom is -0.339 e. The third-order valence-electron chi connectivity index (χ3n) is 4.88. The summed E-state index contributed by atoms with van der Waals surface area (Å²) in [6.07, 6.45) is 2.16. The summed E-state index contributed by atoms with van der Waals surface area (Å²) in [5, 5.41) is 6.18. The zero-order valence-electron chi connectivity index (χ0n) is 14.5. The lowest BCUT2D eigenvalue weighted by Crippen LogP contribution is -2.27. The molecular weight excluding hydrogens is 350 g/mol. The van der Waals surface area contributed by atoms with Crippen molar-refractivity contribution in [3.63, 3.8) is 0 Å². The van der Waals surface area contributed by atoms with Gasteiger partial charge in [0.15, 0.2) is 0 Å². The zero-order chi connectivity index (χ0) is 17.2. The van der Waals surface area contributed by atoms with E-state index in [9.17, 15) is 9.59 Å². The molecule has 0 spiro atoms. The molecule has 1 saturated heterocycles. The molecule has 2 N–H and O–H groups in total. The lowest BCUT2D eigenvalue weighted by molar-refractivity contribution is 0.0792. The lowest BCUT2D eigenvalue weighted by atomic mass is 10.1. The summed E-state index contributed by atoms with van der Waals surface area (Å²) in [6, 6.07) is 12.9. The van der Waals surface area contributed by atoms with E-state index in [1.54, 1.807) is 24.3 Å². The van der Waals surface area contributed by atoms with E-state index in [0.717, 1.165) is 39.0 Å². The number of likely N-dealkylation sites (tertiary alicyclic amines) is 1. The second-order valence-corrected chi connectivity index (χ2v) is 6.62. The fourth-order valence-corrected chi connectivity index (χ4v) is 3.44. The van der Waals surface area contributed by atoms with Gasteiger partial charge in [-0.05, 0) is 60.4 Å². The number of fused-ring (bicyclic) bond motifs is 1. The van der Waals surface area contributed by atoms with Gasteiger partial charge in [0, 0.05) is 43.0 Å². The minimum absolute atomic E-state index is 0. The normalized spacial score (nSPS) is 15.3. The number of anilines is 1. The Morgan fingerprint density at radius 2 is 1.54 bits per heavy atom. The SMILES string of the molecule is Cl.O=C(Nc1ccc(C(=O)N2CCCC2)cc1)c1ccc2c(c1)CNC2. The average molecular weight is 372 g/mol. The van der Waals surface area contributed by atoms with E-state index < -0.39 is 0 Å². The van der Waals surface area contributed by atoms with E-state index in [1.165, 1.54) is 11.1 Å². The third-order valence-corrected chi connectivity index (χ3v) is 4.88. The van der Waals surface area contributed by atoms with Crippen LogP contribution in [-0.4, -0.2) is 29.8 Å². The number of carbonyl (C=O) groups is 2. The van der Waals surface area contributed by atoms with Crippen molar-refractivity contribution >= 4 is 29.9 Å². The van der Waals surface area contributed by atoms with Gasteiger partial charge in [0.25, 0.3) is 11.8 Å². The number of carbonyl (C=O) groups excluding carboxylic acids is 2. The molecule has 2 aliphatic rings. The van der Waals surface area contributed by atoms with Gasteiger partial charge < -0.3 is 15.5 Å². The third kappa shape index (κ3) is 3.74. The number of nitrogens with zero attached hydrogens (tertiary/aromatic N) is 1. The maximum absolute atomic E-state index is 12.4. The Balaban J connectivity index is 0.00000196. The van der Waals surface area contributed by atoms with Gasteiger partial charge in [-0.15, -0.1) is 12.4 Å². The van der Waals surface area contributed by atoms with Crippen molar-refractivity contribution in [1.82, 2.24) is 10.2 Å². The van der Waals surface area contributed by atoms with Gasteiger partial charge in [-0.1, -0.05) is 6.07 Å². The molecule has 1 fully saturated rings. The largest absolute Gasteiger partial charge is 0.339 e. The molecular formula is C20H22ClN3O2. The summed E-state index contributed by atoms with van der Waals surface area (Å²) >= 11 is 0. The number of rotatable bonds is 3. The highest BCUT2D eigenvalue weighted by atomic mass is 35.5. The molecule has 0 radical (unpaired) electrons. The van der Waals surface area contributed by atoms with Crippen LogP contribution >= 0.6 is 12.4 Å². The van der Waals surface area contributed by atoms with Crippen molar-refractivity contribution in [3.05, 3.63) is 64.7 Å². The van der Waals surface area contributed by atoms with Crippen molar-refractivity contribution in [2.75, 3.05) is 18.4 Å². The summed E-state index contributed by atoms with van der Waals surface area (Å²) < 4.78 is 0. The summed E-state index contributed by atoms with van der Waals surface area (Å²) in [6.45, 7) is 3.35. The van der Waals surface area contributed by atoms with Crippen LogP contribution in [-0.2, 0) is 13.1 Å². The summed E-state index contributed by atoms with van der Waals surface area (Å²) in [4.78, 5) is 26.7. The van der Waals surface area contributed by atoms with Gasteiger partial charge in [0.05, 0.1) is 0 Å². The van der Waals surface area contributed by atoms with Crippen LogP contribution in [0.15, 0.2) is 42.5 Å². The molecule has 2 aromatic rings. The van der Waals surface area contributed by atoms with Crippen molar-refractivity contribution in [1.29, 1.82) is 0 Å². The Labute approximate surface area is 159 Å². The van der Waals surface area contributed by atoms with Crippen LogP contribution in [0.4, 0.5) is 5.69 Å². The molecule has 26 heavy (non-hydrogen) atoms. The Bertz CT molecular complexity index is 814. The number of nitrogens with one attached hydrogen (secondary N) is 2. The standard InChI is InChI=1S/C20H21N3O2.ClH/c24-19(15-3-4-16-12-21-13-17(16)11-15)22-18-7-5-14(6-8-18)20(25)23-9-1-2-10-23;/h3-8,11,21H,1-2,9-10,12-13H2,(H,22,24);1H. The maximum atomic E-state index is 12.4. The Morgan fingerprint density at radius 1 is 0.885 bits per heavy atom. The Hall–Kier alpha value is -2.37. The van der Waals surface area contributed by atoms with Crippen molar-refractivity contribution in [3.8, 4) is 0 Å². The Morgan fingerprint density at radius 3 is 2.27 bits per heavy atom. The molecule has 0 saturated carbocycles. The maximum Gasteiger partial charge on any atom is 0.255 e. The van der Waals surface area contributed by atoms with Crippen molar-refractivity contribution < 1.29 is 9.59 Å². The molecule has 0 aliphatic carbocycles. The van der Waals surface area contributed by atoms with E-state index in [1.807, 2.05) is 23.1 Å². The topological polar surface area (TPSA) is 61.4 Å². The van der Waals surface area contributed by atoms with E-state index in [-0.39, 0.29) is 24.2 Å². The number of hydrogen-bond acceptors (Lipinski definition) is 3. The molecule has 4 rings (SSSR count). The number of benzene rings is 2. The highest BCUT2D eigenvalue weighted by Gasteiger charge is 2.19. The molecule has 2 aromatic carbocycles. The number of amides is 2. The van der Waals surface area contributed by atoms with Gasteiger partial charge in [0.2, 0.25) is 0 Å². The number of halogens is 1. The van der Waals surface area contributed by atoms with E-state index in [4.69, 9.17) is 0 Å². The molecule has 0 bridgehead atoms. The number of hydrogen-bond donors (Lipinski definition) is 2. The fraction of sp³-hybridized carbons (Fsp3) is 0.300. The molecule has 2 aliphatic heterocycles. The van der Waals surface area contributed by atoms with E-state index in [2.05, 4.69) is 10.6 Å².